The fourth-order valence-corrected chi connectivity index (χ4v) is 3.10. The summed E-state index contributed by atoms with van der Waals surface area (Å²) in [6.45, 7) is 0. The smallest absolute Gasteiger partial charge is 0.297 e. The van der Waals surface area contributed by atoms with Gasteiger partial charge in [0, 0.05) is 6.20 Å². The first-order chi connectivity index (χ1) is 9.56. The molecular weight excluding hydrogens is 298 g/mol. The predicted molar refractivity (Wildman–Crippen MR) is 76.6 cm³/mol. The van der Waals surface area contributed by atoms with E-state index >= 15 is 0 Å². The lowest BCUT2D eigenvalue weighted by Gasteiger charge is -2.13. The molecule has 1 aliphatic heterocycles. The molecule has 0 aliphatic carbocycles. The second-order valence-corrected chi connectivity index (χ2v) is 5.66. The van der Waals surface area contributed by atoms with Crippen molar-refractivity contribution in [3.05, 3.63) is 33.8 Å². The SMILES string of the molecule is O=C1NC(=O)C(=Cn2c(=S)sc3ccccc32)C(=O)N1. The number of carbonyl (C=O) groups excluding carboxylic acids is 3. The van der Waals surface area contributed by atoms with Gasteiger partial charge in [0.1, 0.15) is 5.57 Å². The van der Waals surface area contributed by atoms with Crippen LogP contribution in [-0.2, 0) is 9.59 Å². The van der Waals surface area contributed by atoms with Crippen LogP contribution in [0.2, 0.25) is 0 Å². The van der Waals surface area contributed by atoms with Crippen LogP contribution >= 0.6 is 23.6 Å². The fraction of sp³-hybridized carbons (Fsp3) is 0. The maximum absolute atomic E-state index is 11.7. The molecule has 0 bridgehead atoms. The fourth-order valence-electron chi connectivity index (χ4n) is 1.83. The van der Waals surface area contributed by atoms with Crippen molar-refractivity contribution < 1.29 is 14.4 Å². The number of thiazole rings is 1. The van der Waals surface area contributed by atoms with E-state index in [2.05, 4.69) is 0 Å². The number of urea groups is 1. The summed E-state index contributed by atoms with van der Waals surface area (Å²) >= 11 is 6.60. The van der Waals surface area contributed by atoms with Gasteiger partial charge in [0.25, 0.3) is 11.8 Å². The third-order valence-electron chi connectivity index (χ3n) is 2.72. The average molecular weight is 305 g/mol. The first-order valence-corrected chi connectivity index (χ1v) is 6.77. The van der Waals surface area contributed by atoms with Gasteiger partial charge >= 0.3 is 6.03 Å². The van der Waals surface area contributed by atoms with Crippen LogP contribution in [0.1, 0.15) is 0 Å². The summed E-state index contributed by atoms with van der Waals surface area (Å²) in [4.78, 5) is 34.4. The van der Waals surface area contributed by atoms with E-state index in [1.807, 2.05) is 34.9 Å². The summed E-state index contributed by atoms with van der Waals surface area (Å²) in [6, 6.07) is 6.63. The molecule has 1 aromatic heterocycles. The number of imide groups is 2. The molecule has 0 saturated carbocycles. The van der Waals surface area contributed by atoms with Crippen molar-refractivity contribution in [3.8, 4) is 0 Å². The van der Waals surface area contributed by atoms with Crippen molar-refractivity contribution in [1.82, 2.24) is 15.2 Å². The van der Waals surface area contributed by atoms with Crippen molar-refractivity contribution in [2.75, 3.05) is 0 Å². The van der Waals surface area contributed by atoms with Crippen molar-refractivity contribution in [2.45, 2.75) is 0 Å². The minimum Gasteiger partial charge on any atom is -0.297 e. The van der Waals surface area contributed by atoms with Crippen LogP contribution in [0.25, 0.3) is 16.4 Å². The van der Waals surface area contributed by atoms with E-state index in [4.69, 9.17) is 12.2 Å². The second kappa shape index (κ2) is 4.66. The van der Waals surface area contributed by atoms with Gasteiger partial charge < -0.3 is 0 Å². The Kier molecular flexibility index (Phi) is 2.96. The molecule has 6 nitrogen and oxygen atoms in total. The number of amides is 4. The molecule has 100 valence electrons. The third-order valence-corrected chi connectivity index (χ3v) is 4.10. The number of hydrogen-bond donors (Lipinski definition) is 2. The van der Waals surface area contributed by atoms with Crippen molar-refractivity contribution in [2.24, 2.45) is 0 Å². The summed E-state index contributed by atoms with van der Waals surface area (Å²) in [5.41, 5.74) is 0.636. The number of rotatable bonds is 1. The Morgan fingerprint density at radius 2 is 1.75 bits per heavy atom. The minimum absolute atomic E-state index is 0.163. The Hall–Kier alpha value is -2.32. The third kappa shape index (κ3) is 2.04. The van der Waals surface area contributed by atoms with Crippen LogP contribution in [0.4, 0.5) is 4.79 Å². The van der Waals surface area contributed by atoms with Gasteiger partial charge in [-0.05, 0) is 24.4 Å². The molecule has 1 fully saturated rings. The highest BCUT2D eigenvalue weighted by Gasteiger charge is 2.28. The summed E-state index contributed by atoms with van der Waals surface area (Å²) in [5.74, 6) is -1.48. The van der Waals surface area contributed by atoms with Crippen LogP contribution in [0.5, 0.6) is 0 Å². The number of hydrogen-bond acceptors (Lipinski definition) is 5. The molecule has 1 aliphatic rings. The summed E-state index contributed by atoms with van der Waals surface area (Å²) < 4.78 is 3.04. The number of benzene rings is 1. The van der Waals surface area contributed by atoms with E-state index in [-0.39, 0.29) is 5.57 Å². The Labute approximate surface area is 121 Å². The number of nitrogens with zero attached hydrogens (tertiary/aromatic N) is 1. The molecular formula is C12H7N3O3S2. The van der Waals surface area contributed by atoms with Crippen LogP contribution in [0.15, 0.2) is 29.8 Å². The molecule has 3 rings (SSSR count). The molecule has 20 heavy (non-hydrogen) atoms. The van der Waals surface area contributed by atoms with Crippen molar-refractivity contribution in [1.29, 1.82) is 0 Å². The van der Waals surface area contributed by atoms with Gasteiger partial charge in [-0.25, -0.2) is 4.79 Å². The van der Waals surface area contributed by atoms with Gasteiger partial charge in [-0.3, -0.25) is 24.8 Å². The zero-order valence-electron chi connectivity index (χ0n) is 9.88. The molecule has 1 aromatic carbocycles. The Bertz CT molecular complexity index is 825. The van der Waals surface area contributed by atoms with Crippen LogP contribution in [-0.4, -0.2) is 22.4 Å². The lowest BCUT2D eigenvalue weighted by molar-refractivity contribution is -0.123. The average Bonchev–Trinajstić information content (AvgIpc) is 2.69. The molecule has 0 unspecified atom stereocenters. The number of carbonyl (C=O) groups is 3. The van der Waals surface area contributed by atoms with Crippen LogP contribution < -0.4 is 10.6 Å². The number of nitrogens with one attached hydrogen (secondary N) is 2. The standard InChI is InChI=1S/C12H7N3O3S2/c16-9-6(10(17)14-11(18)13-9)5-15-7-3-1-2-4-8(7)20-12(15)19/h1-5H,(H2,13,14,16,17,18). The quantitative estimate of drug-likeness (QED) is 0.477. The van der Waals surface area contributed by atoms with Gasteiger partial charge in [-0.2, -0.15) is 0 Å². The molecule has 1 saturated heterocycles. The molecule has 2 N–H and O–H groups in total. The van der Waals surface area contributed by atoms with Crippen molar-refractivity contribution in [3.63, 3.8) is 0 Å². The number of para-hydroxylation sites is 1. The van der Waals surface area contributed by atoms with E-state index in [1.54, 1.807) is 4.57 Å². The van der Waals surface area contributed by atoms with E-state index in [1.165, 1.54) is 17.5 Å². The van der Waals surface area contributed by atoms with Crippen molar-refractivity contribution >= 4 is 57.8 Å². The Balaban J connectivity index is 2.17. The molecule has 0 atom stereocenters. The molecule has 2 aromatic rings. The van der Waals surface area contributed by atoms with E-state index in [0.717, 1.165) is 10.2 Å². The molecule has 0 spiro atoms. The summed E-state index contributed by atoms with van der Waals surface area (Å²) in [5, 5.41) is 4.04. The van der Waals surface area contributed by atoms with Gasteiger partial charge in [-0.15, -0.1) is 11.3 Å². The number of aromatic nitrogens is 1. The Morgan fingerprint density at radius 1 is 1.10 bits per heavy atom. The normalized spacial score (nSPS) is 15.2. The van der Waals surface area contributed by atoms with E-state index in [0.29, 0.717) is 3.95 Å². The van der Waals surface area contributed by atoms with Gasteiger partial charge in [-0.1, -0.05) is 12.1 Å². The van der Waals surface area contributed by atoms with Gasteiger partial charge in [0.05, 0.1) is 10.2 Å². The first-order valence-electron chi connectivity index (χ1n) is 5.55. The first kappa shape index (κ1) is 12.7. The van der Waals surface area contributed by atoms with E-state index < -0.39 is 17.8 Å². The Morgan fingerprint density at radius 3 is 2.45 bits per heavy atom. The highest BCUT2D eigenvalue weighted by atomic mass is 32.1. The highest BCUT2D eigenvalue weighted by molar-refractivity contribution is 7.73. The number of barbiturate groups is 1. The largest absolute Gasteiger partial charge is 0.328 e. The van der Waals surface area contributed by atoms with Crippen LogP contribution in [0.3, 0.4) is 0 Å². The molecule has 2 heterocycles. The highest BCUT2D eigenvalue weighted by Crippen LogP contribution is 2.23. The maximum Gasteiger partial charge on any atom is 0.328 e. The lowest BCUT2D eigenvalue weighted by atomic mass is 10.2. The van der Waals surface area contributed by atoms with Gasteiger partial charge in [0.15, 0.2) is 3.95 Å². The molecule has 0 radical (unpaired) electrons. The lowest BCUT2D eigenvalue weighted by Crippen LogP contribution is -2.51. The van der Waals surface area contributed by atoms with Crippen LogP contribution in [0, 0.1) is 3.95 Å². The topological polar surface area (TPSA) is 80.2 Å². The summed E-state index contributed by atoms with van der Waals surface area (Å²) in [6.07, 6.45) is 1.35. The van der Waals surface area contributed by atoms with Gasteiger partial charge in [0.2, 0.25) is 0 Å². The molecule has 4 amide bonds. The second-order valence-electron chi connectivity index (χ2n) is 3.99. The zero-order chi connectivity index (χ0) is 14.3. The predicted octanol–water partition coefficient (Wildman–Crippen LogP) is 1.64. The summed E-state index contributed by atoms with van der Waals surface area (Å²) in [7, 11) is 0. The number of fused-ring (bicyclic) bond motifs is 1. The monoisotopic (exact) mass is 305 g/mol. The van der Waals surface area contributed by atoms with E-state index in [9.17, 15) is 14.4 Å². The minimum atomic E-state index is -0.823. The maximum atomic E-state index is 11.7. The molecule has 8 heteroatoms. The zero-order valence-corrected chi connectivity index (χ0v) is 11.5.